The van der Waals surface area contributed by atoms with Crippen LogP contribution in [0.1, 0.15) is 4.88 Å². The summed E-state index contributed by atoms with van der Waals surface area (Å²) in [5.74, 6) is 0.167. The first kappa shape index (κ1) is 11.6. The van der Waals surface area contributed by atoms with E-state index in [1.807, 2.05) is 24.6 Å². The molecular weight excluding hydrogens is 222 g/mol. The minimum absolute atomic E-state index is 0.167. The van der Waals surface area contributed by atoms with Gasteiger partial charge in [0.2, 0.25) is 5.91 Å². The van der Waals surface area contributed by atoms with Crippen molar-refractivity contribution in [1.82, 2.24) is 9.80 Å². The summed E-state index contributed by atoms with van der Waals surface area (Å²) in [5.41, 5.74) is 5.67. The summed E-state index contributed by atoms with van der Waals surface area (Å²) >= 11 is 1.68. The van der Waals surface area contributed by atoms with Gasteiger partial charge in [-0.05, 0) is 11.4 Å². The summed E-state index contributed by atoms with van der Waals surface area (Å²) in [6, 6.07) is 4.32. The van der Waals surface area contributed by atoms with E-state index in [2.05, 4.69) is 4.90 Å². The Bertz CT molecular complexity index is 346. The zero-order valence-corrected chi connectivity index (χ0v) is 10.2. The molecule has 0 aromatic carbocycles. The van der Waals surface area contributed by atoms with Gasteiger partial charge in [-0.25, -0.2) is 0 Å². The lowest BCUT2D eigenvalue weighted by atomic mass is 10.1. The number of amides is 1. The first-order chi connectivity index (χ1) is 7.65. The predicted molar refractivity (Wildman–Crippen MR) is 65.2 cm³/mol. The topological polar surface area (TPSA) is 49.6 Å². The van der Waals surface area contributed by atoms with Gasteiger partial charge >= 0.3 is 0 Å². The zero-order valence-electron chi connectivity index (χ0n) is 9.43. The van der Waals surface area contributed by atoms with Crippen LogP contribution in [0.25, 0.3) is 0 Å². The average molecular weight is 239 g/mol. The molecule has 0 radical (unpaired) electrons. The molecule has 0 atom stereocenters. The quantitative estimate of drug-likeness (QED) is 0.825. The van der Waals surface area contributed by atoms with E-state index in [9.17, 15) is 4.79 Å². The molecule has 0 aliphatic carbocycles. The first-order valence-corrected chi connectivity index (χ1v) is 6.27. The third kappa shape index (κ3) is 2.81. The second-order valence-electron chi connectivity index (χ2n) is 4.28. The average Bonchev–Trinajstić information content (AvgIpc) is 2.68. The lowest BCUT2D eigenvalue weighted by molar-refractivity contribution is -0.132. The third-order valence-corrected chi connectivity index (χ3v) is 3.60. The van der Waals surface area contributed by atoms with Gasteiger partial charge in [0.15, 0.2) is 0 Å². The van der Waals surface area contributed by atoms with Crippen LogP contribution in [0.3, 0.4) is 0 Å². The maximum Gasteiger partial charge on any atom is 0.236 e. The molecule has 0 spiro atoms. The molecule has 1 saturated heterocycles. The molecule has 16 heavy (non-hydrogen) atoms. The van der Waals surface area contributed by atoms with E-state index in [0.717, 1.165) is 13.1 Å². The fraction of sp³-hybridized carbons (Fsp3) is 0.545. The highest BCUT2D eigenvalue weighted by Crippen LogP contribution is 2.11. The van der Waals surface area contributed by atoms with Gasteiger partial charge in [0.25, 0.3) is 0 Å². The Morgan fingerprint density at radius 3 is 3.00 bits per heavy atom. The lowest BCUT2D eigenvalue weighted by Crippen LogP contribution is -2.57. The summed E-state index contributed by atoms with van der Waals surface area (Å²) in [7, 11) is 1.85. The van der Waals surface area contributed by atoms with Crippen LogP contribution in [0.15, 0.2) is 17.5 Å². The van der Waals surface area contributed by atoms with Crippen LogP contribution in [0.2, 0.25) is 0 Å². The minimum Gasteiger partial charge on any atom is -0.340 e. The van der Waals surface area contributed by atoms with Crippen LogP contribution in [-0.4, -0.2) is 48.4 Å². The second kappa shape index (κ2) is 4.95. The van der Waals surface area contributed by atoms with E-state index in [-0.39, 0.29) is 11.9 Å². The van der Waals surface area contributed by atoms with Crippen LogP contribution in [-0.2, 0) is 11.3 Å². The number of nitrogens with zero attached hydrogens (tertiary/aromatic N) is 2. The highest BCUT2D eigenvalue weighted by molar-refractivity contribution is 7.09. The molecule has 2 heterocycles. The van der Waals surface area contributed by atoms with Crippen LogP contribution < -0.4 is 5.73 Å². The monoisotopic (exact) mass is 239 g/mol. The van der Waals surface area contributed by atoms with Crippen molar-refractivity contribution in [3.8, 4) is 0 Å². The van der Waals surface area contributed by atoms with E-state index in [1.54, 1.807) is 16.2 Å². The number of nitrogens with two attached hydrogens (primary N) is 1. The molecule has 2 N–H and O–H groups in total. The van der Waals surface area contributed by atoms with Gasteiger partial charge in [-0.2, -0.15) is 0 Å². The van der Waals surface area contributed by atoms with Gasteiger partial charge in [-0.1, -0.05) is 6.07 Å². The maximum absolute atomic E-state index is 11.8. The summed E-state index contributed by atoms with van der Waals surface area (Å²) in [4.78, 5) is 16.9. The van der Waals surface area contributed by atoms with Crippen molar-refractivity contribution < 1.29 is 4.79 Å². The normalized spacial score (nSPS) is 17.1. The number of carbonyl (C=O) groups excluding carboxylic acids is 1. The Morgan fingerprint density at radius 1 is 1.69 bits per heavy atom. The second-order valence-corrected chi connectivity index (χ2v) is 5.32. The van der Waals surface area contributed by atoms with Gasteiger partial charge < -0.3 is 10.6 Å². The van der Waals surface area contributed by atoms with Gasteiger partial charge in [-0.15, -0.1) is 11.3 Å². The molecule has 0 unspecified atom stereocenters. The van der Waals surface area contributed by atoms with Gasteiger partial charge in [0, 0.05) is 31.1 Å². The molecule has 1 aromatic rings. The molecule has 4 nitrogen and oxygen atoms in total. The van der Waals surface area contributed by atoms with Crippen LogP contribution in [0.4, 0.5) is 0 Å². The molecule has 1 fully saturated rings. The standard InChI is InChI=1S/C11H17N3OS/c1-13(7-10-3-2-4-16-10)11(15)8-14-5-9(12)6-14/h2-4,9H,5-8,12H2,1H3. The molecule has 1 aromatic heterocycles. The Kier molecular flexibility index (Phi) is 3.58. The molecule has 1 amide bonds. The molecule has 2 rings (SSSR count). The lowest BCUT2D eigenvalue weighted by Gasteiger charge is -2.37. The number of carbonyl (C=O) groups is 1. The maximum atomic E-state index is 11.8. The van der Waals surface area contributed by atoms with Crippen molar-refractivity contribution in [3.05, 3.63) is 22.4 Å². The fourth-order valence-electron chi connectivity index (χ4n) is 1.78. The van der Waals surface area contributed by atoms with Crippen molar-refractivity contribution in [2.45, 2.75) is 12.6 Å². The Morgan fingerprint density at radius 2 is 2.44 bits per heavy atom. The molecule has 1 aliphatic rings. The molecule has 5 heteroatoms. The predicted octanol–water partition coefficient (Wildman–Crippen LogP) is 0.349. The van der Waals surface area contributed by atoms with E-state index in [0.29, 0.717) is 13.1 Å². The smallest absolute Gasteiger partial charge is 0.236 e. The summed E-state index contributed by atoms with van der Waals surface area (Å²) < 4.78 is 0. The Hall–Kier alpha value is -0.910. The molecule has 1 aliphatic heterocycles. The number of likely N-dealkylation sites (N-methyl/N-ethyl adjacent to an activating group) is 1. The van der Waals surface area contributed by atoms with Gasteiger partial charge in [0.05, 0.1) is 13.1 Å². The van der Waals surface area contributed by atoms with Crippen molar-refractivity contribution in [2.75, 3.05) is 26.7 Å². The number of hydrogen-bond acceptors (Lipinski definition) is 4. The first-order valence-electron chi connectivity index (χ1n) is 5.39. The third-order valence-electron chi connectivity index (χ3n) is 2.74. The van der Waals surface area contributed by atoms with Gasteiger partial charge in [-0.3, -0.25) is 9.69 Å². The van der Waals surface area contributed by atoms with E-state index in [4.69, 9.17) is 5.73 Å². The number of rotatable bonds is 4. The number of likely N-dealkylation sites (tertiary alicyclic amines) is 1. The van der Waals surface area contributed by atoms with Crippen LogP contribution in [0, 0.1) is 0 Å². The minimum atomic E-state index is 0.167. The summed E-state index contributed by atoms with van der Waals surface area (Å²) in [5, 5.41) is 2.03. The molecular formula is C11H17N3OS. The fourth-order valence-corrected chi connectivity index (χ4v) is 2.53. The number of hydrogen-bond donors (Lipinski definition) is 1. The highest BCUT2D eigenvalue weighted by atomic mass is 32.1. The van der Waals surface area contributed by atoms with Crippen molar-refractivity contribution >= 4 is 17.2 Å². The summed E-state index contributed by atoms with van der Waals surface area (Å²) in [6.07, 6.45) is 0. The molecule has 0 bridgehead atoms. The SMILES string of the molecule is CN(Cc1cccs1)C(=O)CN1CC(N)C1. The van der Waals surface area contributed by atoms with E-state index < -0.39 is 0 Å². The Labute approximate surface area is 99.6 Å². The van der Waals surface area contributed by atoms with Crippen LogP contribution in [0.5, 0.6) is 0 Å². The highest BCUT2D eigenvalue weighted by Gasteiger charge is 2.25. The van der Waals surface area contributed by atoms with Gasteiger partial charge in [0.1, 0.15) is 0 Å². The van der Waals surface area contributed by atoms with Crippen molar-refractivity contribution in [2.24, 2.45) is 5.73 Å². The van der Waals surface area contributed by atoms with Crippen molar-refractivity contribution in [1.29, 1.82) is 0 Å². The molecule has 88 valence electrons. The largest absolute Gasteiger partial charge is 0.340 e. The van der Waals surface area contributed by atoms with E-state index >= 15 is 0 Å². The van der Waals surface area contributed by atoms with Crippen LogP contribution >= 0.6 is 11.3 Å². The van der Waals surface area contributed by atoms with E-state index in [1.165, 1.54) is 4.88 Å². The number of thiophene rings is 1. The Balaban J connectivity index is 1.76. The van der Waals surface area contributed by atoms with Crippen molar-refractivity contribution in [3.63, 3.8) is 0 Å². The molecule has 0 saturated carbocycles. The zero-order chi connectivity index (χ0) is 11.5. The summed E-state index contributed by atoms with van der Waals surface area (Å²) in [6.45, 7) is 2.89.